The van der Waals surface area contributed by atoms with Crippen LogP contribution in [-0.2, 0) is 7.05 Å². The van der Waals surface area contributed by atoms with Crippen molar-refractivity contribution in [3.8, 4) is 0 Å². The maximum atomic E-state index is 12.5. The summed E-state index contributed by atoms with van der Waals surface area (Å²) < 4.78 is 26.3. The molecule has 17 heavy (non-hydrogen) atoms. The fraction of sp³-hybridized carbons (Fsp3) is 0.455. The van der Waals surface area contributed by atoms with Gasteiger partial charge in [-0.05, 0) is 18.4 Å². The molecule has 0 unspecified atom stereocenters. The molecule has 0 atom stereocenters. The van der Waals surface area contributed by atoms with Crippen molar-refractivity contribution in [2.24, 2.45) is 7.05 Å². The fourth-order valence-electron chi connectivity index (χ4n) is 1.75. The minimum atomic E-state index is -2.63. The molecular formula is C11H12ClF2N3. The molecule has 0 aromatic carbocycles. The molecule has 0 saturated carbocycles. The predicted molar refractivity (Wildman–Crippen MR) is 62.0 cm³/mol. The molecule has 0 saturated heterocycles. The Morgan fingerprint density at radius 2 is 2.18 bits per heavy atom. The lowest BCUT2D eigenvalue weighted by Crippen LogP contribution is -2.02. The van der Waals surface area contributed by atoms with Gasteiger partial charge in [0.2, 0.25) is 5.82 Å². The average Bonchev–Trinajstić information content (AvgIpc) is 2.72. The number of hydrogen-bond acceptors (Lipinski definition) is 2. The number of allylic oxidation sites excluding steroid dienone is 4. The first kappa shape index (κ1) is 12.2. The SMILES string of the molecule is Cn1nc(C(F)F)nc1C1=CC=C(CCl)CC1. The molecule has 0 fully saturated rings. The summed E-state index contributed by atoms with van der Waals surface area (Å²) in [6.07, 6.45) is 2.76. The number of hydrogen-bond donors (Lipinski definition) is 0. The third kappa shape index (κ3) is 2.54. The smallest absolute Gasteiger partial charge is 0.249 e. The Hall–Kier alpha value is -1.23. The van der Waals surface area contributed by atoms with Crippen molar-refractivity contribution in [3.05, 3.63) is 29.4 Å². The first-order chi connectivity index (χ1) is 8.11. The Morgan fingerprint density at radius 3 is 2.65 bits per heavy atom. The topological polar surface area (TPSA) is 30.7 Å². The maximum absolute atomic E-state index is 12.5. The van der Waals surface area contributed by atoms with Gasteiger partial charge in [-0.1, -0.05) is 17.7 Å². The van der Waals surface area contributed by atoms with Crippen LogP contribution in [0.25, 0.3) is 5.57 Å². The molecule has 92 valence electrons. The summed E-state index contributed by atoms with van der Waals surface area (Å²) >= 11 is 5.72. The molecule has 1 aliphatic carbocycles. The van der Waals surface area contributed by atoms with Crippen molar-refractivity contribution in [1.29, 1.82) is 0 Å². The number of aromatic nitrogens is 3. The van der Waals surface area contributed by atoms with E-state index >= 15 is 0 Å². The van der Waals surface area contributed by atoms with Crippen molar-refractivity contribution in [3.63, 3.8) is 0 Å². The van der Waals surface area contributed by atoms with Crippen LogP contribution in [0.15, 0.2) is 17.7 Å². The van der Waals surface area contributed by atoms with E-state index in [9.17, 15) is 8.78 Å². The van der Waals surface area contributed by atoms with E-state index in [0.29, 0.717) is 11.7 Å². The molecule has 0 spiro atoms. The van der Waals surface area contributed by atoms with Crippen LogP contribution in [0.1, 0.15) is 30.9 Å². The van der Waals surface area contributed by atoms with Crippen molar-refractivity contribution in [1.82, 2.24) is 14.8 Å². The normalized spacial score (nSPS) is 16.1. The van der Waals surface area contributed by atoms with Crippen LogP contribution in [-0.4, -0.2) is 20.6 Å². The Morgan fingerprint density at radius 1 is 1.41 bits per heavy atom. The lowest BCUT2D eigenvalue weighted by Gasteiger charge is -2.11. The highest BCUT2D eigenvalue weighted by Gasteiger charge is 2.19. The van der Waals surface area contributed by atoms with Crippen LogP contribution in [0.5, 0.6) is 0 Å². The lowest BCUT2D eigenvalue weighted by molar-refractivity contribution is 0.140. The quantitative estimate of drug-likeness (QED) is 0.781. The van der Waals surface area contributed by atoms with Crippen LogP contribution in [0.3, 0.4) is 0 Å². The van der Waals surface area contributed by atoms with E-state index in [1.165, 1.54) is 4.68 Å². The molecule has 6 heteroatoms. The van der Waals surface area contributed by atoms with Gasteiger partial charge in [0.05, 0.1) is 0 Å². The Balaban J connectivity index is 2.29. The second-order valence-corrected chi connectivity index (χ2v) is 4.14. The van der Waals surface area contributed by atoms with Gasteiger partial charge in [0, 0.05) is 12.9 Å². The van der Waals surface area contributed by atoms with Crippen LogP contribution < -0.4 is 0 Å². The summed E-state index contributed by atoms with van der Waals surface area (Å²) in [5, 5.41) is 3.69. The van der Waals surface area contributed by atoms with Crippen molar-refractivity contribution in [2.75, 3.05) is 5.88 Å². The largest absolute Gasteiger partial charge is 0.299 e. The molecule has 1 heterocycles. The van der Waals surface area contributed by atoms with E-state index in [1.807, 2.05) is 12.2 Å². The Kier molecular flexibility index (Phi) is 3.57. The van der Waals surface area contributed by atoms with Crippen LogP contribution in [0, 0.1) is 0 Å². The second-order valence-electron chi connectivity index (χ2n) is 3.87. The standard InChI is InChI=1S/C11H12ClF2N3/c1-17-11(15-10(16-17)9(13)14)8-4-2-7(6-12)3-5-8/h2,4,9H,3,5-6H2,1H3. The molecule has 3 nitrogen and oxygen atoms in total. The Bertz CT molecular complexity index is 477. The highest BCUT2D eigenvalue weighted by molar-refractivity contribution is 6.19. The molecular weight excluding hydrogens is 248 g/mol. The molecule has 0 aliphatic heterocycles. The Labute approximate surface area is 103 Å². The highest BCUT2D eigenvalue weighted by atomic mass is 35.5. The van der Waals surface area contributed by atoms with Crippen molar-refractivity contribution in [2.45, 2.75) is 19.3 Å². The number of nitrogens with zero attached hydrogens (tertiary/aromatic N) is 3. The highest BCUT2D eigenvalue weighted by Crippen LogP contribution is 2.27. The molecule has 0 N–H and O–H groups in total. The minimum absolute atomic E-state index is 0.421. The van der Waals surface area contributed by atoms with Crippen LogP contribution in [0.2, 0.25) is 0 Å². The van der Waals surface area contributed by atoms with Crippen molar-refractivity contribution >= 4 is 17.2 Å². The van der Waals surface area contributed by atoms with E-state index in [0.717, 1.165) is 24.0 Å². The van der Waals surface area contributed by atoms with Gasteiger partial charge in [-0.25, -0.2) is 18.4 Å². The van der Waals surface area contributed by atoms with Gasteiger partial charge in [0.25, 0.3) is 6.43 Å². The first-order valence-electron chi connectivity index (χ1n) is 5.26. The molecule has 0 amide bonds. The number of halogens is 3. The molecule has 1 aliphatic rings. The second kappa shape index (κ2) is 4.96. The fourth-order valence-corrected chi connectivity index (χ4v) is 1.98. The monoisotopic (exact) mass is 259 g/mol. The lowest BCUT2D eigenvalue weighted by atomic mass is 9.99. The summed E-state index contributed by atoms with van der Waals surface area (Å²) in [6.45, 7) is 0. The summed E-state index contributed by atoms with van der Waals surface area (Å²) in [6, 6.07) is 0. The summed E-state index contributed by atoms with van der Waals surface area (Å²) in [5.41, 5.74) is 2.06. The van der Waals surface area contributed by atoms with E-state index in [-0.39, 0.29) is 0 Å². The molecule has 1 aromatic rings. The summed E-state index contributed by atoms with van der Waals surface area (Å²) in [4.78, 5) is 3.86. The average molecular weight is 260 g/mol. The van der Waals surface area contributed by atoms with Gasteiger partial charge < -0.3 is 0 Å². The zero-order valence-electron chi connectivity index (χ0n) is 9.33. The van der Waals surface area contributed by atoms with Gasteiger partial charge in [-0.15, -0.1) is 16.7 Å². The zero-order chi connectivity index (χ0) is 12.4. The van der Waals surface area contributed by atoms with Gasteiger partial charge in [-0.3, -0.25) is 0 Å². The summed E-state index contributed by atoms with van der Waals surface area (Å²) in [5.74, 6) is 0.589. The molecule has 1 aromatic heterocycles. The molecule has 2 rings (SSSR count). The predicted octanol–water partition coefficient (Wildman–Crippen LogP) is 3.10. The van der Waals surface area contributed by atoms with Crippen LogP contribution in [0.4, 0.5) is 8.78 Å². The number of aryl methyl sites for hydroxylation is 1. The van der Waals surface area contributed by atoms with E-state index in [2.05, 4.69) is 10.1 Å². The van der Waals surface area contributed by atoms with Crippen LogP contribution >= 0.6 is 11.6 Å². The van der Waals surface area contributed by atoms with E-state index in [1.54, 1.807) is 7.05 Å². The van der Waals surface area contributed by atoms with Gasteiger partial charge in [0.1, 0.15) is 0 Å². The number of rotatable bonds is 3. The zero-order valence-corrected chi connectivity index (χ0v) is 10.1. The van der Waals surface area contributed by atoms with Crippen molar-refractivity contribution < 1.29 is 8.78 Å². The summed E-state index contributed by atoms with van der Waals surface area (Å²) in [7, 11) is 1.62. The minimum Gasteiger partial charge on any atom is -0.249 e. The molecule has 0 bridgehead atoms. The first-order valence-corrected chi connectivity index (χ1v) is 5.79. The maximum Gasteiger partial charge on any atom is 0.299 e. The van der Waals surface area contributed by atoms with E-state index < -0.39 is 12.2 Å². The third-order valence-corrected chi connectivity index (χ3v) is 3.01. The van der Waals surface area contributed by atoms with Gasteiger partial charge in [-0.2, -0.15) is 0 Å². The third-order valence-electron chi connectivity index (χ3n) is 2.67. The van der Waals surface area contributed by atoms with Gasteiger partial charge in [0.15, 0.2) is 5.82 Å². The number of alkyl halides is 3. The van der Waals surface area contributed by atoms with Gasteiger partial charge >= 0.3 is 0 Å². The molecule has 0 radical (unpaired) electrons. The van der Waals surface area contributed by atoms with E-state index in [4.69, 9.17) is 11.6 Å².